The summed E-state index contributed by atoms with van der Waals surface area (Å²) in [5, 5.41) is 0. The Balaban J connectivity index is 2.07. The molecular formula is C24H22N2O5. The molecule has 2 aromatic carbocycles. The maximum absolute atomic E-state index is 13.5. The minimum Gasteiger partial charge on any atom is -0.497 e. The van der Waals surface area contributed by atoms with Gasteiger partial charge < -0.3 is 18.9 Å². The van der Waals surface area contributed by atoms with Gasteiger partial charge in [0.1, 0.15) is 11.4 Å². The zero-order valence-corrected chi connectivity index (χ0v) is 17.7. The largest absolute Gasteiger partial charge is 0.497 e. The monoisotopic (exact) mass is 418 g/mol. The van der Waals surface area contributed by atoms with Gasteiger partial charge in [-0.1, -0.05) is 18.2 Å². The quantitative estimate of drug-likeness (QED) is 0.470. The lowest BCUT2D eigenvalue weighted by Crippen LogP contribution is -2.18. The first-order chi connectivity index (χ1) is 15.1. The van der Waals surface area contributed by atoms with Crippen molar-refractivity contribution in [2.75, 3.05) is 28.4 Å². The van der Waals surface area contributed by atoms with E-state index in [9.17, 15) is 4.79 Å². The van der Waals surface area contributed by atoms with E-state index < -0.39 is 0 Å². The van der Waals surface area contributed by atoms with Crippen molar-refractivity contribution < 1.29 is 18.9 Å². The average Bonchev–Trinajstić information content (AvgIpc) is 2.83. The summed E-state index contributed by atoms with van der Waals surface area (Å²) in [4.78, 5) is 18.3. The van der Waals surface area contributed by atoms with Gasteiger partial charge in [-0.15, -0.1) is 0 Å². The van der Waals surface area contributed by atoms with Gasteiger partial charge in [-0.3, -0.25) is 9.20 Å². The van der Waals surface area contributed by atoms with Gasteiger partial charge in [0.25, 0.3) is 5.56 Å². The Kier molecular flexibility index (Phi) is 5.49. The molecule has 7 nitrogen and oxygen atoms in total. The fourth-order valence-electron chi connectivity index (χ4n) is 3.53. The van der Waals surface area contributed by atoms with Crippen molar-refractivity contribution in [1.29, 1.82) is 0 Å². The van der Waals surface area contributed by atoms with Crippen LogP contribution in [0.5, 0.6) is 23.0 Å². The highest BCUT2D eigenvalue weighted by atomic mass is 16.5. The number of ether oxygens (including phenoxy) is 4. The number of rotatable bonds is 6. The molecule has 2 aromatic heterocycles. The van der Waals surface area contributed by atoms with Gasteiger partial charge in [0.2, 0.25) is 5.75 Å². The fourth-order valence-corrected chi connectivity index (χ4v) is 3.53. The molecule has 2 heterocycles. The number of pyridine rings is 1. The van der Waals surface area contributed by atoms with Gasteiger partial charge in [-0.25, -0.2) is 4.98 Å². The summed E-state index contributed by atoms with van der Waals surface area (Å²) < 4.78 is 23.2. The Morgan fingerprint density at radius 2 is 1.45 bits per heavy atom. The van der Waals surface area contributed by atoms with E-state index in [1.165, 1.54) is 4.40 Å². The van der Waals surface area contributed by atoms with Crippen molar-refractivity contribution in [3.63, 3.8) is 0 Å². The second kappa shape index (κ2) is 8.39. The van der Waals surface area contributed by atoms with Crippen molar-refractivity contribution in [2.24, 2.45) is 0 Å². The molecule has 0 saturated heterocycles. The van der Waals surface area contributed by atoms with Gasteiger partial charge in [0.15, 0.2) is 11.5 Å². The van der Waals surface area contributed by atoms with Crippen LogP contribution in [-0.2, 0) is 0 Å². The Hall–Kier alpha value is -4.00. The van der Waals surface area contributed by atoms with E-state index in [-0.39, 0.29) is 5.56 Å². The van der Waals surface area contributed by atoms with Gasteiger partial charge in [0.05, 0.1) is 39.7 Å². The minimum absolute atomic E-state index is 0.181. The Labute approximate surface area is 179 Å². The number of fused-ring (bicyclic) bond motifs is 1. The van der Waals surface area contributed by atoms with Gasteiger partial charge in [-0.2, -0.15) is 0 Å². The van der Waals surface area contributed by atoms with Crippen LogP contribution in [0.25, 0.3) is 28.0 Å². The normalized spacial score (nSPS) is 10.7. The van der Waals surface area contributed by atoms with E-state index in [0.717, 1.165) is 5.56 Å². The molecule has 0 spiro atoms. The second-order valence-corrected chi connectivity index (χ2v) is 6.71. The lowest BCUT2D eigenvalue weighted by atomic mass is 9.99. The predicted octanol–water partition coefficient (Wildman–Crippen LogP) is 4.06. The minimum atomic E-state index is -0.181. The zero-order valence-electron chi connectivity index (χ0n) is 17.7. The van der Waals surface area contributed by atoms with Crippen LogP contribution in [0.2, 0.25) is 0 Å². The smallest absolute Gasteiger partial charge is 0.266 e. The zero-order chi connectivity index (χ0) is 22.0. The number of benzene rings is 2. The maximum Gasteiger partial charge on any atom is 0.266 e. The predicted molar refractivity (Wildman–Crippen MR) is 119 cm³/mol. The van der Waals surface area contributed by atoms with Gasteiger partial charge >= 0.3 is 0 Å². The van der Waals surface area contributed by atoms with Crippen molar-refractivity contribution >= 4 is 5.65 Å². The molecule has 0 aliphatic carbocycles. The highest BCUT2D eigenvalue weighted by Crippen LogP contribution is 2.42. The van der Waals surface area contributed by atoms with Crippen LogP contribution in [0.4, 0.5) is 0 Å². The summed E-state index contributed by atoms with van der Waals surface area (Å²) in [5.41, 5.74) is 2.72. The summed E-state index contributed by atoms with van der Waals surface area (Å²) in [6.07, 6.45) is 1.71. The van der Waals surface area contributed by atoms with E-state index in [4.69, 9.17) is 23.9 Å². The molecule has 0 radical (unpaired) electrons. The molecule has 0 amide bonds. The molecule has 0 saturated carbocycles. The third-order valence-corrected chi connectivity index (χ3v) is 5.05. The molecule has 0 unspecified atom stereocenters. The van der Waals surface area contributed by atoms with Crippen LogP contribution in [0.1, 0.15) is 0 Å². The maximum atomic E-state index is 13.5. The SMILES string of the molecule is COc1ccc(-c2c(-c3cc(OC)c(OC)c(OC)c3)nc3ccccn3c2=O)cc1. The summed E-state index contributed by atoms with van der Waals surface area (Å²) >= 11 is 0. The highest BCUT2D eigenvalue weighted by Gasteiger charge is 2.20. The molecule has 0 N–H and O–H groups in total. The number of aromatic nitrogens is 2. The molecule has 4 rings (SSSR count). The summed E-state index contributed by atoms with van der Waals surface area (Å²) in [5.74, 6) is 2.13. The van der Waals surface area contributed by atoms with E-state index in [1.807, 2.05) is 30.3 Å². The number of hydrogen-bond acceptors (Lipinski definition) is 6. The van der Waals surface area contributed by atoms with E-state index in [2.05, 4.69) is 0 Å². The molecule has 0 fully saturated rings. The Morgan fingerprint density at radius 1 is 0.774 bits per heavy atom. The first-order valence-corrected chi connectivity index (χ1v) is 9.57. The molecular weight excluding hydrogens is 396 g/mol. The molecule has 7 heteroatoms. The Morgan fingerprint density at radius 3 is 2.03 bits per heavy atom. The van der Waals surface area contributed by atoms with Crippen molar-refractivity contribution in [3.05, 3.63) is 71.1 Å². The van der Waals surface area contributed by atoms with Crippen LogP contribution in [-0.4, -0.2) is 37.8 Å². The first-order valence-electron chi connectivity index (χ1n) is 9.57. The fraction of sp³-hybridized carbons (Fsp3) is 0.167. The molecule has 4 aromatic rings. The Bertz CT molecular complexity index is 1270. The van der Waals surface area contributed by atoms with Crippen LogP contribution in [0, 0.1) is 0 Å². The van der Waals surface area contributed by atoms with Crippen molar-refractivity contribution in [3.8, 4) is 45.4 Å². The number of hydrogen-bond donors (Lipinski definition) is 0. The van der Waals surface area contributed by atoms with Crippen LogP contribution in [0.3, 0.4) is 0 Å². The topological polar surface area (TPSA) is 71.3 Å². The van der Waals surface area contributed by atoms with E-state index >= 15 is 0 Å². The standard InChI is InChI=1S/C24H22N2O5/c1-28-17-10-8-15(9-11-17)21-22(25-20-7-5-6-12-26(20)24(21)27)16-13-18(29-2)23(31-4)19(14-16)30-3/h5-14H,1-4H3. The molecule has 31 heavy (non-hydrogen) atoms. The highest BCUT2D eigenvalue weighted by molar-refractivity contribution is 5.83. The first kappa shape index (κ1) is 20.3. The van der Waals surface area contributed by atoms with Crippen LogP contribution >= 0.6 is 0 Å². The van der Waals surface area contributed by atoms with E-state index in [0.29, 0.717) is 45.5 Å². The molecule has 158 valence electrons. The summed E-state index contributed by atoms with van der Waals surface area (Å²) in [6.45, 7) is 0. The molecule has 0 aliphatic rings. The third kappa shape index (κ3) is 3.54. The van der Waals surface area contributed by atoms with Gasteiger partial charge in [0, 0.05) is 11.8 Å². The summed E-state index contributed by atoms with van der Waals surface area (Å²) in [6, 6.07) is 16.3. The molecule has 0 atom stereocenters. The lowest BCUT2D eigenvalue weighted by Gasteiger charge is -2.16. The number of methoxy groups -OCH3 is 4. The molecule has 0 bridgehead atoms. The third-order valence-electron chi connectivity index (χ3n) is 5.05. The molecule has 0 aliphatic heterocycles. The van der Waals surface area contributed by atoms with Crippen LogP contribution < -0.4 is 24.5 Å². The van der Waals surface area contributed by atoms with E-state index in [1.54, 1.807) is 58.9 Å². The average molecular weight is 418 g/mol. The number of nitrogens with zero attached hydrogens (tertiary/aromatic N) is 2. The lowest BCUT2D eigenvalue weighted by molar-refractivity contribution is 0.324. The van der Waals surface area contributed by atoms with Crippen LogP contribution in [0.15, 0.2) is 65.6 Å². The van der Waals surface area contributed by atoms with Crippen molar-refractivity contribution in [1.82, 2.24) is 9.38 Å². The van der Waals surface area contributed by atoms with Crippen molar-refractivity contribution in [2.45, 2.75) is 0 Å². The summed E-state index contributed by atoms with van der Waals surface area (Å²) in [7, 11) is 6.24. The van der Waals surface area contributed by atoms with Gasteiger partial charge in [-0.05, 0) is 42.0 Å². The second-order valence-electron chi connectivity index (χ2n) is 6.71.